The molecule has 34 heavy (non-hydrogen) atoms. The summed E-state index contributed by atoms with van der Waals surface area (Å²) in [7, 11) is -4.32. The number of rotatable bonds is 7. The maximum absolute atomic E-state index is 13.3. The van der Waals surface area contributed by atoms with Crippen LogP contribution in [0.5, 0.6) is 11.5 Å². The van der Waals surface area contributed by atoms with E-state index in [9.17, 15) is 19.4 Å². The minimum absolute atomic E-state index is 0.0132. The van der Waals surface area contributed by atoms with E-state index in [0.717, 1.165) is 25.4 Å². The molecule has 3 aromatic rings. The summed E-state index contributed by atoms with van der Waals surface area (Å²) < 4.78 is 23.7. The predicted octanol–water partition coefficient (Wildman–Crippen LogP) is 2.51. The third-order valence-electron chi connectivity index (χ3n) is 5.40. The van der Waals surface area contributed by atoms with E-state index in [1.165, 1.54) is 28.2 Å². The Kier molecular flexibility index (Phi) is 5.74. The number of nitrogens with two attached hydrogens (primary N) is 1. The van der Waals surface area contributed by atoms with Crippen molar-refractivity contribution in [2.45, 2.75) is 19.4 Å². The average molecular weight is 501 g/mol. The van der Waals surface area contributed by atoms with Crippen LogP contribution in [0.4, 0.5) is 5.69 Å². The van der Waals surface area contributed by atoms with Gasteiger partial charge in [0.1, 0.15) is 29.5 Å². The SMILES string of the molecule is NO/C=C/Oc1ccc2c(c1)P(=O)(O)N=C(c1c(O)c(-c3ccsc3)nn(CC3CC3)c1=O)N2. The van der Waals surface area contributed by atoms with E-state index in [-0.39, 0.29) is 33.8 Å². The van der Waals surface area contributed by atoms with E-state index in [2.05, 4.69) is 20.0 Å². The quantitative estimate of drug-likeness (QED) is 0.217. The van der Waals surface area contributed by atoms with Crippen LogP contribution in [0.15, 0.2) is 57.1 Å². The number of ether oxygens (including phenoxy) is 1. The minimum atomic E-state index is -4.32. The first-order valence-corrected chi connectivity index (χ1v) is 12.8. The van der Waals surface area contributed by atoms with Crippen molar-refractivity contribution in [3.63, 3.8) is 0 Å². The monoisotopic (exact) mass is 501 g/mol. The molecule has 0 amide bonds. The topological polar surface area (TPSA) is 161 Å². The Hall–Kier alpha value is -3.44. The van der Waals surface area contributed by atoms with Gasteiger partial charge < -0.3 is 24.9 Å². The lowest BCUT2D eigenvalue weighted by molar-refractivity contribution is 0.250. The molecule has 1 atom stereocenters. The number of aromatic nitrogens is 2. The summed E-state index contributed by atoms with van der Waals surface area (Å²) in [4.78, 5) is 28.3. The first kappa shape index (κ1) is 22.4. The lowest BCUT2D eigenvalue weighted by Crippen LogP contribution is -2.35. The summed E-state index contributed by atoms with van der Waals surface area (Å²) in [5, 5.41) is 21.9. The fraction of sp³-hybridized carbons (Fsp3) is 0.190. The molecule has 1 unspecified atom stereocenters. The number of thiophene rings is 1. The van der Waals surface area contributed by atoms with Crippen LogP contribution in [0.25, 0.3) is 11.3 Å². The second-order valence-corrected chi connectivity index (χ2v) is 10.4. The zero-order valence-corrected chi connectivity index (χ0v) is 19.3. The highest BCUT2D eigenvalue weighted by atomic mass is 32.1. The van der Waals surface area contributed by atoms with Gasteiger partial charge in [0.25, 0.3) is 5.56 Å². The fourth-order valence-electron chi connectivity index (χ4n) is 3.56. The van der Waals surface area contributed by atoms with Gasteiger partial charge in [0.15, 0.2) is 11.6 Å². The third-order valence-corrected chi connectivity index (χ3v) is 7.55. The van der Waals surface area contributed by atoms with Crippen LogP contribution in [0.1, 0.15) is 18.4 Å². The Morgan fingerprint density at radius 1 is 1.32 bits per heavy atom. The van der Waals surface area contributed by atoms with Crippen molar-refractivity contribution in [3.05, 3.63) is 63.5 Å². The number of nitrogens with one attached hydrogen (secondary N) is 1. The van der Waals surface area contributed by atoms with Crippen LogP contribution >= 0.6 is 18.9 Å². The maximum Gasteiger partial charge on any atom is 0.346 e. The molecule has 5 rings (SSSR count). The Morgan fingerprint density at radius 3 is 2.85 bits per heavy atom. The molecule has 3 heterocycles. The van der Waals surface area contributed by atoms with Crippen LogP contribution in [-0.2, 0) is 15.9 Å². The smallest absolute Gasteiger partial charge is 0.346 e. The van der Waals surface area contributed by atoms with Crippen LogP contribution in [0.3, 0.4) is 0 Å². The van der Waals surface area contributed by atoms with Crippen molar-refractivity contribution in [3.8, 4) is 22.8 Å². The van der Waals surface area contributed by atoms with Crippen molar-refractivity contribution in [2.24, 2.45) is 16.6 Å². The van der Waals surface area contributed by atoms with Gasteiger partial charge in [-0.2, -0.15) is 27.1 Å². The van der Waals surface area contributed by atoms with Crippen LogP contribution < -0.4 is 26.8 Å². The van der Waals surface area contributed by atoms with Gasteiger partial charge >= 0.3 is 7.52 Å². The number of hydrogen-bond acceptors (Lipinski definition) is 9. The zero-order chi connectivity index (χ0) is 23.9. The molecule has 2 aromatic heterocycles. The molecular weight excluding hydrogens is 481 g/mol. The lowest BCUT2D eigenvalue weighted by Gasteiger charge is -2.23. The van der Waals surface area contributed by atoms with Gasteiger partial charge in [0.05, 0.1) is 11.0 Å². The molecule has 176 valence electrons. The first-order valence-electron chi connectivity index (χ1n) is 10.3. The number of hydrogen-bond donors (Lipinski definition) is 4. The highest BCUT2D eigenvalue weighted by Gasteiger charge is 2.34. The maximum atomic E-state index is 13.3. The lowest BCUT2D eigenvalue weighted by atomic mass is 10.1. The van der Waals surface area contributed by atoms with Gasteiger partial charge in [-0.25, -0.2) is 4.68 Å². The van der Waals surface area contributed by atoms with Crippen molar-refractivity contribution in [2.75, 3.05) is 5.32 Å². The van der Waals surface area contributed by atoms with Gasteiger partial charge in [-0.3, -0.25) is 9.36 Å². The van der Waals surface area contributed by atoms with Gasteiger partial charge in [-0.15, -0.1) is 0 Å². The van der Waals surface area contributed by atoms with Gasteiger partial charge in [-0.05, 0) is 48.4 Å². The summed E-state index contributed by atoms with van der Waals surface area (Å²) in [6.45, 7) is 0.393. The number of nitrogens with zero attached hydrogens (tertiary/aromatic N) is 3. The summed E-state index contributed by atoms with van der Waals surface area (Å²) in [5.41, 5.74) is 0.291. The summed E-state index contributed by atoms with van der Waals surface area (Å²) in [5.74, 6) is 4.87. The van der Waals surface area contributed by atoms with E-state index in [1.54, 1.807) is 17.5 Å². The molecule has 0 bridgehead atoms. The Morgan fingerprint density at radius 2 is 2.15 bits per heavy atom. The van der Waals surface area contributed by atoms with E-state index >= 15 is 0 Å². The second kappa shape index (κ2) is 8.73. The molecular formula is C21H20N5O6PS. The highest BCUT2D eigenvalue weighted by Crippen LogP contribution is 2.48. The molecule has 1 aliphatic heterocycles. The number of benzene rings is 1. The normalized spacial score (nSPS) is 19.4. The van der Waals surface area contributed by atoms with Crippen molar-refractivity contribution in [1.82, 2.24) is 9.78 Å². The summed E-state index contributed by atoms with van der Waals surface area (Å²) in [6, 6.07) is 6.18. The molecule has 11 nitrogen and oxygen atoms in total. The zero-order valence-electron chi connectivity index (χ0n) is 17.6. The fourth-order valence-corrected chi connectivity index (χ4v) is 5.47. The molecule has 5 N–H and O–H groups in total. The average Bonchev–Trinajstić information content (AvgIpc) is 3.45. The standard InChI is InChI=1S/C21H20N5O6PS/c22-32-7-6-31-14-3-4-15-16(9-14)33(29,30)25-20(23-15)17-19(27)18(13-5-8-34-11-13)24-26(21(17)28)10-12-1-2-12/h3-9,11-12,27H,1-2,10,22H2,(H2,23,25,29,30)/b7-6+. The number of amidine groups is 1. The Bertz CT molecular complexity index is 1410. The molecule has 0 spiro atoms. The predicted molar refractivity (Wildman–Crippen MR) is 127 cm³/mol. The van der Waals surface area contributed by atoms with Gasteiger partial charge in [0, 0.05) is 17.5 Å². The summed E-state index contributed by atoms with van der Waals surface area (Å²) >= 11 is 1.42. The molecule has 2 aliphatic rings. The minimum Gasteiger partial charge on any atom is -0.505 e. The molecule has 1 fully saturated rings. The third kappa shape index (κ3) is 4.24. The number of aromatic hydroxyl groups is 1. The van der Waals surface area contributed by atoms with Crippen LogP contribution in [0, 0.1) is 5.92 Å². The largest absolute Gasteiger partial charge is 0.505 e. The molecule has 1 aliphatic carbocycles. The van der Waals surface area contributed by atoms with Crippen molar-refractivity contribution < 1.29 is 24.1 Å². The van der Waals surface area contributed by atoms with Gasteiger partial charge in [0.2, 0.25) is 0 Å². The molecule has 1 aromatic carbocycles. The van der Waals surface area contributed by atoms with E-state index in [0.29, 0.717) is 18.0 Å². The molecule has 1 saturated carbocycles. The van der Waals surface area contributed by atoms with Gasteiger partial charge in [-0.1, -0.05) is 0 Å². The molecule has 13 heteroatoms. The van der Waals surface area contributed by atoms with Crippen molar-refractivity contribution in [1.29, 1.82) is 0 Å². The van der Waals surface area contributed by atoms with Crippen molar-refractivity contribution >= 4 is 35.7 Å². The van der Waals surface area contributed by atoms with Crippen LogP contribution in [0.2, 0.25) is 0 Å². The van der Waals surface area contributed by atoms with E-state index in [4.69, 9.17) is 10.6 Å². The van der Waals surface area contributed by atoms with E-state index in [1.807, 2.05) is 5.38 Å². The number of fused-ring (bicyclic) bond motifs is 1. The summed E-state index contributed by atoms with van der Waals surface area (Å²) in [6.07, 6.45) is 4.25. The first-order chi connectivity index (χ1) is 16.4. The van der Waals surface area contributed by atoms with E-state index < -0.39 is 18.8 Å². The number of anilines is 1. The molecule has 0 radical (unpaired) electrons. The molecule has 0 saturated heterocycles. The van der Waals surface area contributed by atoms with Crippen LogP contribution in [-0.4, -0.2) is 25.6 Å². The Labute approximate surface area is 197 Å². The highest BCUT2D eigenvalue weighted by molar-refractivity contribution is 7.65. The Balaban J connectivity index is 1.61. The second-order valence-electron chi connectivity index (χ2n) is 7.84.